The Morgan fingerprint density at radius 2 is 2.29 bits per heavy atom. The molecule has 1 aromatic rings. The van der Waals surface area contributed by atoms with Crippen LogP contribution in [0.15, 0.2) is 18.2 Å². The maximum atomic E-state index is 13.2. The summed E-state index contributed by atoms with van der Waals surface area (Å²) < 4.78 is 13.2. The number of β-amino-alcohol motifs (C(OH)–C–C–N with tert-alkyl or cyclic N) is 1. The first-order valence-electron chi connectivity index (χ1n) is 5.70. The van der Waals surface area contributed by atoms with Gasteiger partial charge in [0, 0.05) is 32.1 Å². The molecule has 1 fully saturated rings. The lowest BCUT2D eigenvalue weighted by atomic mass is 10.1. The molecule has 3 N–H and O–H groups in total. The first kappa shape index (κ1) is 12.8. The lowest BCUT2D eigenvalue weighted by Gasteiger charge is -2.14. The van der Waals surface area contributed by atoms with Crippen molar-refractivity contribution in [3.8, 4) is 0 Å². The van der Waals surface area contributed by atoms with Crippen LogP contribution in [0.4, 0.5) is 4.39 Å². The van der Waals surface area contributed by atoms with E-state index in [1.54, 1.807) is 12.1 Å². The van der Waals surface area contributed by atoms with Gasteiger partial charge >= 0.3 is 0 Å². The molecule has 5 heteroatoms. The van der Waals surface area contributed by atoms with Gasteiger partial charge in [-0.25, -0.2) is 4.39 Å². The highest BCUT2D eigenvalue weighted by molar-refractivity contribution is 6.30. The molecule has 0 amide bonds. The molecule has 2 atom stereocenters. The van der Waals surface area contributed by atoms with Crippen molar-refractivity contribution in [2.75, 3.05) is 19.6 Å². The van der Waals surface area contributed by atoms with Gasteiger partial charge in [-0.05, 0) is 17.7 Å². The Kier molecular flexibility index (Phi) is 4.34. The first-order chi connectivity index (χ1) is 8.16. The maximum Gasteiger partial charge on any atom is 0.142 e. The fraction of sp³-hybridized carbons (Fsp3) is 0.500. The summed E-state index contributed by atoms with van der Waals surface area (Å²) in [5.74, 6) is -0.166. The normalized spacial score (nSPS) is 24.2. The average molecular weight is 259 g/mol. The van der Waals surface area contributed by atoms with E-state index in [0.717, 1.165) is 18.7 Å². The molecule has 2 rings (SSSR count). The second-order valence-corrected chi connectivity index (χ2v) is 4.77. The zero-order chi connectivity index (χ0) is 12.3. The molecule has 1 heterocycles. The quantitative estimate of drug-likeness (QED) is 0.759. The minimum atomic E-state index is -0.395. The smallest absolute Gasteiger partial charge is 0.142 e. The van der Waals surface area contributed by atoms with Crippen molar-refractivity contribution in [3.63, 3.8) is 0 Å². The minimum Gasteiger partial charge on any atom is -0.391 e. The third-order valence-electron chi connectivity index (χ3n) is 3.02. The van der Waals surface area contributed by atoms with Crippen LogP contribution in [0, 0.1) is 11.7 Å². The summed E-state index contributed by atoms with van der Waals surface area (Å²) in [6.45, 7) is 2.78. The molecular weight excluding hydrogens is 243 g/mol. The number of hydrogen-bond donors (Lipinski definition) is 3. The van der Waals surface area contributed by atoms with Crippen LogP contribution in [-0.2, 0) is 6.54 Å². The average Bonchev–Trinajstić information content (AvgIpc) is 2.70. The van der Waals surface area contributed by atoms with Gasteiger partial charge in [-0.2, -0.15) is 0 Å². The van der Waals surface area contributed by atoms with E-state index in [4.69, 9.17) is 11.6 Å². The van der Waals surface area contributed by atoms with E-state index in [9.17, 15) is 9.50 Å². The fourth-order valence-electron chi connectivity index (χ4n) is 1.98. The van der Waals surface area contributed by atoms with Crippen molar-refractivity contribution >= 4 is 11.6 Å². The number of hydrogen-bond acceptors (Lipinski definition) is 3. The van der Waals surface area contributed by atoms with Crippen LogP contribution in [0.1, 0.15) is 5.56 Å². The zero-order valence-electron chi connectivity index (χ0n) is 9.42. The summed E-state index contributed by atoms with van der Waals surface area (Å²) in [4.78, 5) is 0. The number of nitrogens with one attached hydrogen (secondary N) is 2. The van der Waals surface area contributed by atoms with Crippen LogP contribution in [0.2, 0.25) is 5.02 Å². The van der Waals surface area contributed by atoms with Crippen molar-refractivity contribution in [2.24, 2.45) is 5.92 Å². The number of aliphatic hydroxyl groups is 1. The molecule has 0 saturated carbocycles. The molecular formula is C12H16ClFN2O. The molecule has 3 nitrogen and oxygen atoms in total. The second-order valence-electron chi connectivity index (χ2n) is 4.37. The summed E-state index contributed by atoms with van der Waals surface area (Å²) in [5.41, 5.74) is 0.854. The van der Waals surface area contributed by atoms with Gasteiger partial charge in [0.15, 0.2) is 0 Å². The van der Waals surface area contributed by atoms with Gasteiger partial charge in [-0.15, -0.1) is 0 Å². The minimum absolute atomic E-state index is 0.143. The fourth-order valence-corrected chi connectivity index (χ4v) is 2.10. The third-order valence-corrected chi connectivity index (χ3v) is 3.33. The van der Waals surface area contributed by atoms with E-state index in [1.165, 1.54) is 6.07 Å². The number of aliphatic hydroxyl groups excluding tert-OH is 1. The molecule has 0 bridgehead atoms. The topological polar surface area (TPSA) is 44.3 Å². The van der Waals surface area contributed by atoms with Crippen molar-refractivity contribution < 1.29 is 9.50 Å². The molecule has 0 radical (unpaired) electrons. The van der Waals surface area contributed by atoms with Gasteiger partial charge < -0.3 is 15.7 Å². The van der Waals surface area contributed by atoms with Crippen LogP contribution >= 0.6 is 11.6 Å². The number of benzene rings is 1. The third kappa shape index (κ3) is 3.39. The summed E-state index contributed by atoms with van der Waals surface area (Å²) >= 11 is 5.60. The Morgan fingerprint density at radius 3 is 2.94 bits per heavy atom. The van der Waals surface area contributed by atoms with E-state index in [2.05, 4.69) is 10.6 Å². The number of halogens is 2. The van der Waals surface area contributed by atoms with Gasteiger partial charge in [0.1, 0.15) is 5.82 Å². The summed E-state index contributed by atoms with van der Waals surface area (Å²) in [6.07, 6.45) is -0.288. The lowest BCUT2D eigenvalue weighted by molar-refractivity contribution is 0.146. The SMILES string of the molecule is OC1CNCC1CNCc1ccc(Cl)c(F)c1. The summed E-state index contributed by atoms with van der Waals surface area (Å²) in [5, 5.41) is 16.1. The molecule has 0 spiro atoms. The maximum absolute atomic E-state index is 13.2. The van der Waals surface area contributed by atoms with E-state index in [1.807, 2.05) is 0 Å². The molecule has 1 aliphatic heterocycles. The molecule has 1 aliphatic rings. The van der Waals surface area contributed by atoms with Crippen molar-refractivity contribution in [3.05, 3.63) is 34.6 Å². The van der Waals surface area contributed by atoms with Crippen molar-refractivity contribution in [1.82, 2.24) is 10.6 Å². The van der Waals surface area contributed by atoms with Crippen LogP contribution in [0.25, 0.3) is 0 Å². The predicted molar refractivity (Wildman–Crippen MR) is 65.5 cm³/mol. The molecule has 1 saturated heterocycles. The monoisotopic (exact) mass is 258 g/mol. The standard InChI is InChI=1S/C12H16ClFN2O/c13-10-2-1-8(3-11(10)14)4-15-5-9-6-16-7-12(9)17/h1-3,9,12,15-17H,4-7H2. The highest BCUT2D eigenvalue weighted by atomic mass is 35.5. The molecule has 94 valence electrons. The van der Waals surface area contributed by atoms with Gasteiger partial charge in [-0.1, -0.05) is 17.7 Å². The van der Waals surface area contributed by atoms with Crippen molar-refractivity contribution in [2.45, 2.75) is 12.6 Å². The lowest BCUT2D eigenvalue weighted by Crippen LogP contribution is -2.30. The van der Waals surface area contributed by atoms with E-state index in [0.29, 0.717) is 13.1 Å². The summed E-state index contributed by atoms with van der Waals surface area (Å²) in [7, 11) is 0. The highest BCUT2D eigenvalue weighted by Gasteiger charge is 2.23. The van der Waals surface area contributed by atoms with Crippen LogP contribution in [0.3, 0.4) is 0 Å². The highest BCUT2D eigenvalue weighted by Crippen LogP contribution is 2.15. The van der Waals surface area contributed by atoms with Crippen molar-refractivity contribution in [1.29, 1.82) is 0 Å². The van der Waals surface area contributed by atoms with E-state index < -0.39 is 5.82 Å². The summed E-state index contributed by atoms with van der Waals surface area (Å²) in [6, 6.07) is 4.78. The second kappa shape index (κ2) is 5.78. The van der Waals surface area contributed by atoms with E-state index in [-0.39, 0.29) is 17.0 Å². The Morgan fingerprint density at radius 1 is 1.47 bits per heavy atom. The predicted octanol–water partition coefficient (Wildman–Crippen LogP) is 1.15. The Balaban J connectivity index is 1.79. The number of rotatable bonds is 4. The first-order valence-corrected chi connectivity index (χ1v) is 6.08. The molecule has 1 aromatic carbocycles. The van der Waals surface area contributed by atoms with E-state index >= 15 is 0 Å². The molecule has 2 unspecified atom stereocenters. The largest absolute Gasteiger partial charge is 0.391 e. The molecule has 0 aromatic heterocycles. The van der Waals surface area contributed by atoms with Crippen LogP contribution in [-0.4, -0.2) is 30.8 Å². The molecule has 0 aliphatic carbocycles. The Hall–Kier alpha value is -0.680. The Labute approximate surface area is 105 Å². The van der Waals surface area contributed by atoms with Gasteiger partial charge in [0.2, 0.25) is 0 Å². The van der Waals surface area contributed by atoms with Gasteiger partial charge in [0.05, 0.1) is 11.1 Å². The van der Waals surface area contributed by atoms with Gasteiger partial charge in [-0.3, -0.25) is 0 Å². The van der Waals surface area contributed by atoms with Crippen LogP contribution < -0.4 is 10.6 Å². The van der Waals surface area contributed by atoms with Crippen LogP contribution in [0.5, 0.6) is 0 Å². The Bertz CT molecular complexity index is 389. The van der Waals surface area contributed by atoms with Gasteiger partial charge in [0.25, 0.3) is 0 Å². The molecule has 17 heavy (non-hydrogen) atoms. The zero-order valence-corrected chi connectivity index (χ0v) is 10.2.